The predicted molar refractivity (Wildman–Crippen MR) is 127 cm³/mol. The number of aromatic nitrogens is 3. The van der Waals surface area contributed by atoms with E-state index >= 15 is 0 Å². The molecule has 5 aromatic rings. The van der Waals surface area contributed by atoms with Gasteiger partial charge >= 0.3 is 12.1 Å². The normalized spacial score (nSPS) is 11.8. The quantitative estimate of drug-likeness (QED) is 0.269. The van der Waals surface area contributed by atoms with Crippen molar-refractivity contribution in [1.29, 1.82) is 0 Å². The molecule has 0 saturated carbocycles. The molecule has 0 unspecified atom stereocenters. The van der Waals surface area contributed by atoms with Crippen molar-refractivity contribution >= 4 is 67.6 Å². The fourth-order valence-corrected chi connectivity index (χ4v) is 5.55. The maximum atomic E-state index is 13.7. The highest BCUT2D eigenvalue weighted by molar-refractivity contribution is 7.21. The molecule has 35 heavy (non-hydrogen) atoms. The molecule has 0 bridgehead atoms. The molecule has 7 nitrogen and oxygen atoms in total. The monoisotopic (exact) mass is 536 g/mol. The number of carbonyl (C=O) groups is 2. The summed E-state index contributed by atoms with van der Waals surface area (Å²) in [7, 11) is 1.24. The number of alkyl halides is 3. The van der Waals surface area contributed by atoms with Gasteiger partial charge in [-0.2, -0.15) is 18.3 Å². The number of carbonyl (C=O) groups excluding carboxylic acids is 2. The van der Waals surface area contributed by atoms with Gasteiger partial charge in [0.05, 0.1) is 22.7 Å². The maximum absolute atomic E-state index is 13.7. The highest BCUT2D eigenvalue weighted by Crippen LogP contribution is 2.37. The largest absolute Gasteiger partial charge is 0.465 e. The third-order valence-electron chi connectivity index (χ3n) is 4.98. The number of fused-ring (bicyclic) bond motifs is 2. The summed E-state index contributed by atoms with van der Waals surface area (Å²) in [6, 6.07) is 10.2. The molecule has 0 atom stereocenters. The van der Waals surface area contributed by atoms with Crippen LogP contribution in [0.2, 0.25) is 5.02 Å². The number of nitrogens with zero attached hydrogens (tertiary/aromatic N) is 3. The van der Waals surface area contributed by atoms with Crippen LogP contribution in [0.5, 0.6) is 0 Å². The van der Waals surface area contributed by atoms with Crippen LogP contribution in [0.4, 0.5) is 18.9 Å². The van der Waals surface area contributed by atoms with E-state index in [4.69, 9.17) is 16.3 Å². The van der Waals surface area contributed by atoms with Crippen molar-refractivity contribution in [3.8, 4) is 10.6 Å². The van der Waals surface area contributed by atoms with Gasteiger partial charge in [0.15, 0.2) is 17.0 Å². The Morgan fingerprint density at radius 1 is 1.17 bits per heavy atom. The highest BCUT2D eigenvalue weighted by atomic mass is 35.5. The number of rotatable bonds is 4. The third kappa shape index (κ3) is 4.24. The van der Waals surface area contributed by atoms with Crippen LogP contribution < -0.4 is 5.32 Å². The van der Waals surface area contributed by atoms with Crippen molar-refractivity contribution in [2.45, 2.75) is 6.18 Å². The Morgan fingerprint density at radius 2 is 1.97 bits per heavy atom. The lowest BCUT2D eigenvalue weighted by molar-refractivity contribution is -0.142. The molecule has 0 saturated heterocycles. The van der Waals surface area contributed by atoms with Crippen molar-refractivity contribution in [3.63, 3.8) is 0 Å². The molecule has 1 aromatic carbocycles. The first-order chi connectivity index (χ1) is 16.7. The van der Waals surface area contributed by atoms with Crippen LogP contribution in [-0.4, -0.2) is 33.6 Å². The van der Waals surface area contributed by atoms with Crippen LogP contribution in [0.25, 0.3) is 26.3 Å². The Balaban J connectivity index is 1.50. The van der Waals surface area contributed by atoms with Gasteiger partial charge < -0.3 is 10.1 Å². The summed E-state index contributed by atoms with van der Waals surface area (Å²) in [6.07, 6.45) is -4.71. The van der Waals surface area contributed by atoms with Crippen LogP contribution in [0.3, 0.4) is 0 Å². The molecule has 1 amide bonds. The Labute approximate surface area is 207 Å². The zero-order chi connectivity index (χ0) is 24.9. The lowest BCUT2D eigenvalue weighted by Gasteiger charge is -2.10. The smallest absolute Gasteiger partial charge is 0.433 e. The zero-order valence-electron chi connectivity index (χ0n) is 17.5. The highest BCUT2D eigenvalue weighted by Gasteiger charge is 2.35. The molecule has 5 rings (SSSR count). The summed E-state index contributed by atoms with van der Waals surface area (Å²) in [5.41, 5.74) is -0.928. The number of anilines is 1. The van der Waals surface area contributed by atoms with Gasteiger partial charge in [-0.15, -0.1) is 22.7 Å². The molecule has 1 N–H and O–H groups in total. The average molecular weight is 537 g/mol. The van der Waals surface area contributed by atoms with Gasteiger partial charge in [0.25, 0.3) is 5.91 Å². The second kappa shape index (κ2) is 8.63. The first kappa shape index (κ1) is 23.3. The summed E-state index contributed by atoms with van der Waals surface area (Å²) in [5, 5.41) is 9.04. The molecular weight excluding hydrogens is 525 g/mol. The number of hydrogen-bond acceptors (Lipinski definition) is 7. The van der Waals surface area contributed by atoms with E-state index in [0.29, 0.717) is 25.2 Å². The van der Waals surface area contributed by atoms with Gasteiger partial charge in [-0.3, -0.25) is 4.79 Å². The summed E-state index contributed by atoms with van der Waals surface area (Å²) in [6.45, 7) is 0. The Hall–Kier alpha value is -3.48. The van der Waals surface area contributed by atoms with Gasteiger partial charge in [0.2, 0.25) is 0 Å². The summed E-state index contributed by atoms with van der Waals surface area (Å²) in [5.74, 6) is -1.31. The molecule has 0 spiro atoms. The molecular formula is C22H12ClF3N4O3S2. The Kier molecular flexibility index (Phi) is 5.74. The number of ether oxygens (including phenoxy) is 1. The van der Waals surface area contributed by atoms with E-state index in [0.717, 1.165) is 17.4 Å². The van der Waals surface area contributed by atoms with E-state index in [-0.39, 0.29) is 26.9 Å². The van der Waals surface area contributed by atoms with Crippen LogP contribution >= 0.6 is 34.3 Å². The van der Waals surface area contributed by atoms with Crippen molar-refractivity contribution in [2.24, 2.45) is 0 Å². The van der Waals surface area contributed by atoms with Gasteiger partial charge in [-0.05, 0) is 35.7 Å². The number of amides is 1. The molecule has 4 aromatic heterocycles. The Morgan fingerprint density at radius 3 is 2.66 bits per heavy atom. The number of hydrogen-bond donors (Lipinski definition) is 1. The minimum Gasteiger partial charge on any atom is -0.465 e. The molecule has 0 radical (unpaired) electrons. The molecule has 0 aliphatic heterocycles. The van der Waals surface area contributed by atoms with E-state index < -0.39 is 23.7 Å². The number of esters is 1. The molecule has 0 fully saturated rings. The number of halogens is 4. The molecule has 4 heterocycles. The fourth-order valence-electron chi connectivity index (χ4n) is 3.40. The molecule has 13 heteroatoms. The lowest BCUT2D eigenvalue weighted by Crippen LogP contribution is -2.15. The van der Waals surface area contributed by atoms with Crippen LogP contribution in [0.15, 0.2) is 47.8 Å². The first-order valence-electron chi connectivity index (χ1n) is 9.79. The van der Waals surface area contributed by atoms with Gasteiger partial charge in [0, 0.05) is 21.8 Å². The fraction of sp³-hybridized carbons (Fsp3) is 0.0909. The second-order valence-electron chi connectivity index (χ2n) is 7.20. The number of methoxy groups -OCH3 is 1. The van der Waals surface area contributed by atoms with Crippen LogP contribution in [-0.2, 0) is 10.9 Å². The van der Waals surface area contributed by atoms with Crippen molar-refractivity contribution in [3.05, 3.63) is 69.1 Å². The third-order valence-corrected chi connectivity index (χ3v) is 7.51. The van der Waals surface area contributed by atoms with E-state index in [1.807, 2.05) is 0 Å². The van der Waals surface area contributed by atoms with E-state index in [9.17, 15) is 22.8 Å². The van der Waals surface area contributed by atoms with Crippen molar-refractivity contribution in [2.75, 3.05) is 12.4 Å². The number of thiophene rings is 2. The summed E-state index contributed by atoms with van der Waals surface area (Å²) >= 11 is 8.58. The molecule has 0 aliphatic rings. The minimum absolute atomic E-state index is 0.114. The van der Waals surface area contributed by atoms with E-state index in [2.05, 4.69) is 15.4 Å². The van der Waals surface area contributed by atoms with Gasteiger partial charge in [-0.1, -0.05) is 17.7 Å². The van der Waals surface area contributed by atoms with Crippen molar-refractivity contribution in [1.82, 2.24) is 14.6 Å². The first-order valence-corrected chi connectivity index (χ1v) is 11.9. The Bertz CT molecular complexity index is 1610. The molecule has 0 aliphatic carbocycles. The lowest BCUT2D eigenvalue weighted by atomic mass is 10.2. The van der Waals surface area contributed by atoms with Crippen molar-refractivity contribution < 1.29 is 27.5 Å². The standard InChI is InChI=1S/C22H12ClF3N4O3S2/c1-33-21(32)19-18(23)11-5-4-10(7-15(11)35-19)27-20(31)13-9-17-28-12(14-3-2-6-34-14)8-16(22(24,25)26)30(17)29-13/h2-9H,1H3,(H,27,31). The molecule has 178 valence electrons. The van der Waals surface area contributed by atoms with Crippen LogP contribution in [0.1, 0.15) is 25.9 Å². The van der Waals surface area contributed by atoms with E-state index in [1.165, 1.54) is 24.5 Å². The minimum atomic E-state index is -4.71. The zero-order valence-corrected chi connectivity index (χ0v) is 19.9. The SMILES string of the molecule is COC(=O)c1sc2cc(NC(=O)c3cc4nc(-c5cccs5)cc(C(F)(F)F)n4n3)ccc2c1Cl. The maximum Gasteiger partial charge on any atom is 0.433 e. The van der Waals surface area contributed by atoms with Gasteiger partial charge in [-0.25, -0.2) is 14.3 Å². The summed E-state index contributed by atoms with van der Waals surface area (Å²) in [4.78, 5) is 29.7. The number of benzene rings is 1. The van der Waals surface area contributed by atoms with Gasteiger partial charge in [0.1, 0.15) is 4.88 Å². The summed E-state index contributed by atoms with van der Waals surface area (Å²) < 4.78 is 47.1. The second-order valence-corrected chi connectivity index (χ2v) is 9.58. The topological polar surface area (TPSA) is 85.6 Å². The van der Waals surface area contributed by atoms with Crippen LogP contribution in [0, 0.1) is 0 Å². The number of nitrogens with one attached hydrogen (secondary N) is 1. The average Bonchev–Trinajstić information content (AvgIpc) is 3.56. The van der Waals surface area contributed by atoms with E-state index in [1.54, 1.807) is 35.7 Å². The predicted octanol–water partition coefficient (Wildman–Crippen LogP) is 6.38.